The van der Waals surface area contributed by atoms with Gasteiger partial charge in [-0.1, -0.05) is 13.3 Å². The van der Waals surface area contributed by atoms with Crippen LogP contribution in [-0.4, -0.2) is 12.3 Å². The first-order chi connectivity index (χ1) is 6.69. The van der Waals surface area contributed by atoms with Gasteiger partial charge in [-0.2, -0.15) is 0 Å². The van der Waals surface area contributed by atoms with Gasteiger partial charge in [-0.05, 0) is 19.4 Å². The highest BCUT2D eigenvalue weighted by Gasteiger charge is 2.18. The predicted octanol–water partition coefficient (Wildman–Crippen LogP) is 2.61. The van der Waals surface area contributed by atoms with Gasteiger partial charge in [0, 0.05) is 28.3 Å². The molecule has 2 nitrogen and oxygen atoms in total. The number of carbonyl (C=O) groups is 1. The van der Waals surface area contributed by atoms with Crippen LogP contribution in [0.5, 0.6) is 0 Å². The summed E-state index contributed by atoms with van der Waals surface area (Å²) < 4.78 is 0. The number of carbonyl (C=O) groups excluding carboxylic acids is 1. The fraction of sp³-hybridized carbons (Fsp3) is 0.545. The molecule has 0 spiro atoms. The maximum atomic E-state index is 11.9. The maximum Gasteiger partial charge on any atom is 0.168 e. The molecule has 0 aromatic carbocycles. The van der Waals surface area contributed by atoms with E-state index in [-0.39, 0.29) is 11.7 Å². The van der Waals surface area contributed by atoms with Crippen LogP contribution in [-0.2, 0) is 0 Å². The minimum absolute atomic E-state index is 0.00833. The average molecular weight is 211 g/mol. The first-order valence-electron chi connectivity index (χ1n) is 4.98. The molecule has 1 rings (SSSR count). The van der Waals surface area contributed by atoms with Gasteiger partial charge in [0.05, 0.1) is 0 Å². The lowest BCUT2D eigenvalue weighted by Crippen LogP contribution is -2.23. The molecule has 2 N–H and O–H groups in total. The zero-order valence-corrected chi connectivity index (χ0v) is 9.56. The average Bonchev–Trinajstić information content (AvgIpc) is 2.60. The first kappa shape index (κ1) is 11.4. The molecule has 0 amide bonds. The minimum Gasteiger partial charge on any atom is -0.330 e. The van der Waals surface area contributed by atoms with Crippen LogP contribution in [0.3, 0.4) is 0 Å². The Morgan fingerprint density at radius 3 is 2.79 bits per heavy atom. The van der Waals surface area contributed by atoms with E-state index >= 15 is 0 Å². The van der Waals surface area contributed by atoms with Crippen LogP contribution in [0.25, 0.3) is 0 Å². The number of aryl methyl sites for hydroxylation is 1. The Hall–Kier alpha value is -0.670. The van der Waals surface area contributed by atoms with Crippen molar-refractivity contribution >= 4 is 17.1 Å². The number of ketones is 1. The van der Waals surface area contributed by atoms with Gasteiger partial charge in [0.2, 0.25) is 0 Å². The van der Waals surface area contributed by atoms with Crippen LogP contribution >= 0.6 is 11.3 Å². The second-order valence-electron chi connectivity index (χ2n) is 3.53. The van der Waals surface area contributed by atoms with Gasteiger partial charge < -0.3 is 5.73 Å². The molecule has 0 aliphatic heterocycles. The van der Waals surface area contributed by atoms with Crippen molar-refractivity contribution in [2.75, 3.05) is 6.54 Å². The van der Waals surface area contributed by atoms with Gasteiger partial charge in [-0.25, -0.2) is 0 Å². The summed E-state index contributed by atoms with van der Waals surface area (Å²) in [6.07, 6.45) is 1.90. The summed E-state index contributed by atoms with van der Waals surface area (Å²) in [7, 11) is 0. The van der Waals surface area contributed by atoms with Gasteiger partial charge in [-0.3, -0.25) is 4.79 Å². The van der Waals surface area contributed by atoms with Gasteiger partial charge in [0.25, 0.3) is 0 Å². The quantitative estimate of drug-likeness (QED) is 0.761. The van der Waals surface area contributed by atoms with E-state index in [2.05, 4.69) is 6.92 Å². The molecule has 14 heavy (non-hydrogen) atoms. The largest absolute Gasteiger partial charge is 0.330 e. The van der Waals surface area contributed by atoms with Gasteiger partial charge >= 0.3 is 0 Å². The summed E-state index contributed by atoms with van der Waals surface area (Å²) in [5, 5.41) is 1.93. The Labute approximate surface area is 89.1 Å². The van der Waals surface area contributed by atoms with E-state index in [1.54, 1.807) is 11.3 Å². The Morgan fingerprint density at radius 2 is 2.36 bits per heavy atom. The summed E-state index contributed by atoms with van der Waals surface area (Å²) in [6.45, 7) is 4.55. The fourth-order valence-electron chi connectivity index (χ4n) is 1.51. The molecule has 0 radical (unpaired) electrons. The van der Waals surface area contributed by atoms with Crippen LogP contribution in [0.2, 0.25) is 0 Å². The molecular formula is C11H17NOS. The molecule has 1 aromatic rings. The van der Waals surface area contributed by atoms with E-state index in [9.17, 15) is 4.79 Å². The van der Waals surface area contributed by atoms with Crippen molar-refractivity contribution in [2.45, 2.75) is 26.7 Å². The normalized spacial score (nSPS) is 12.8. The van der Waals surface area contributed by atoms with E-state index in [1.165, 1.54) is 4.88 Å². The summed E-state index contributed by atoms with van der Waals surface area (Å²) in [4.78, 5) is 13.1. The maximum absolute atomic E-state index is 11.9. The van der Waals surface area contributed by atoms with Crippen LogP contribution < -0.4 is 5.73 Å². The first-order valence-corrected chi connectivity index (χ1v) is 5.86. The van der Waals surface area contributed by atoms with Crippen LogP contribution in [0.15, 0.2) is 11.4 Å². The van der Waals surface area contributed by atoms with Crippen molar-refractivity contribution in [3.63, 3.8) is 0 Å². The number of Topliss-reactive ketones (excluding diaryl/α,β-unsaturated/α-hetero) is 1. The molecule has 0 aliphatic carbocycles. The zero-order chi connectivity index (χ0) is 10.6. The van der Waals surface area contributed by atoms with E-state index < -0.39 is 0 Å². The Balaban J connectivity index is 2.72. The lowest BCUT2D eigenvalue weighted by Gasteiger charge is -2.10. The summed E-state index contributed by atoms with van der Waals surface area (Å²) in [5.74, 6) is 0.215. The van der Waals surface area contributed by atoms with E-state index in [4.69, 9.17) is 5.73 Å². The molecule has 0 aliphatic rings. The second kappa shape index (κ2) is 5.27. The van der Waals surface area contributed by atoms with Crippen LogP contribution in [0, 0.1) is 12.8 Å². The van der Waals surface area contributed by atoms with Crippen molar-refractivity contribution in [2.24, 2.45) is 11.7 Å². The highest BCUT2D eigenvalue weighted by Crippen LogP contribution is 2.18. The molecule has 1 atom stereocenters. The number of nitrogens with two attached hydrogens (primary N) is 1. The molecule has 0 saturated heterocycles. The lowest BCUT2D eigenvalue weighted by atomic mass is 9.95. The Morgan fingerprint density at radius 1 is 1.64 bits per heavy atom. The molecule has 3 heteroatoms. The number of hydrogen-bond acceptors (Lipinski definition) is 3. The Bertz CT molecular complexity index is 306. The second-order valence-corrected chi connectivity index (χ2v) is 4.65. The summed E-state index contributed by atoms with van der Waals surface area (Å²) >= 11 is 1.62. The molecule has 1 unspecified atom stereocenters. The van der Waals surface area contributed by atoms with E-state index in [0.717, 1.165) is 18.4 Å². The van der Waals surface area contributed by atoms with Crippen LogP contribution in [0.4, 0.5) is 0 Å². The monoisotopic (exact) mass is 211 g/mol. The Kier molecular flexibility index (Phi) is 4.29. The summed E-state index contributed by atoms with van der Waals surface area (Å²) in [6, 6.07) is 1.95. The SMILES string of the molecule is CCCC(CN)C(=O)c1csc(C)c1. The van der Waals surface area contributed by atoms with Crippen molar-refractivity contribution in [1.29, 1.82) is 0 Å². The van der Waals surface area contributed by atoms with Gasteiger partial charge in [-0.15, -0.1) is 11.3 Å². The van der Waals surface area contributed by atoms with E-state index in [1.807, 2.05) is 18.4 Å². The summed E-state index contributed by atoms with van der Waals surface area (Å²) in [5.41, 5.74) is 6.42. The van der Waals surface area contributed by atoms with E-state index in [0.29, 0.717) is 6.54 Å². The third-order valence-electron chi connectivity index (χ3n) is 2.31. The van der Waals surface area contributed by atoms with Crippen molar-refractivity contribution in [3.8, 4) is 0 Å². The molecule has 1 heterocycles. The number of rotatable bonds is 5. The zero-order valence-electron chi connectivity index (χ0n) is 8.75. The predicted molar refractivity (Wildman–Crippen MR) is 60.8 cm³/mol. The third kappa shape index (κ3) is 2.66. The highest BCUT2D eigenvalue weighted by atomic mass is 32.1. The number of hydrogen-bond donors (Lipinski definition) is 1. The topological polar surface area (TPSA) is 43.1 Å². The van der Waals surface area contributed by atoms with Crippen molar-refractivity contribution < 1.29 is 4.79 Å². The highest BCUT2D eigenvalue weighted by molar-refractivity contribution is 7.10. The van der Waals surface area contributed by atoms with Crippen molar-refractivity contribution in [1.82, 2.24) is 0 Å². The lowest BCUT2D eigenvalue weighted by molar-refractivity contribution is 0.0918. The van der Waals surface area contributed by atoms with Crippen LogP contribution in [0.1, 0.15) is 35.0 Å². The third-order valence-corrected chi connectivity index (χ3v) is 3.17. The molecule has 1 aromatic heterocycles. The molecule has 0 bridgehead atoms. The number of thiophene rings is 1. The van der Waals surface area contributed by atoms with Crippen molar-refractivity contribution in [3.05, 3.63) is 21.9 Å². The molecular weight excluding hydrogens is 194 g/mol. The smallest absolute Gasteiger partial charge is 0.168 e. The molecule has 78 valence electrons. The fourth-order valence-corrected chi connectivity index (χ4v) is 2.20. The van der Waals surface area contributed by atoms with Gasteiger partial charge in [0.15, 0.2) is 5.78 Å². The standard InChI is InChI=1S/C11H17NOS/c1-3-4-9(6-12)11(13)10-5-8(2)14-7-10/h5,7,9H,3-4,6,12H2,1-2H3. The minimum atomic E-state index is 0.00833. The molecule has 0 saturated carbocycles. The molecule has 0 fully saturated rings. The van der Waals surface area contributed by atoms with Gasteiger partial charge in [0.1, 0.15) is 0 Å².